The van der Waals surface area contributed by atoms with Crippen LogP contribution in [0.5, 0.6) is 5.88 Å². The number of ether oxygens (including phenoxy) is 1. The number of aromatic amines is 1. The highest BCUT2D eigenvalue weighted by atomic mass is 16.5. The molecule has 1 aliphatic rings. The largest absolute Gasteiger partial charge is 0.472 e. The number of anilines is 1. The number of rotatable bonds is 4. The molecular formula is C17H17N7O3. The van der Waals surface area contributed by atoms with Gasteiger partial charge in [0.25, 0.3) is 17.7 Å². The van der Waals surface area contributed by atoms with Crippen molar-refractivity contribution in [3.63, 3.8) is 0 Å². The van der Waals surface area contributed by atoms with Gasteiger partial charge in [0, 0.05) is 13.5 Å². The third kappa shape index (κ3) is 3.50. The van der Waals surface area contributed by atoms with Crippen LogP contribution >= 0.6 is 0 Å². The van der Waals surface area contributed by atoms with Crippen LogP contribution in [0.15, 0.2) is 36.7 Å². The Hall–Kier alpha value is -3.69. The number of amides is 2. The summed E-state index contributed by atoms with van der Waals surface area (Å²) < 4.78 is 7.13. The van der Waals surface area contributed by atoms with E-state index in [-0.39, 0.29) is 12.4 Å². The molecule has 27 heavy (non-hydrogen) atoms. The molecular weight excluding hydrogens is 350 g/mol. The zero-order valence-electron chi connectivity index (χ0n) is 14.5. The maximum absolute atomic E-state index is 12.4. The standard InChI is InChI=1S/C17H17N7O3/c1-24-9-18-17-14(24)21-15(25)11(8-27-17)19-16(26)13-20-12(22-23-13)7-10-5-3-2-4-6-10/h2-6,9,11H,7-8H2,1H3,(H,19,26)(H,21,25)(H,20,22,23)/t11-/m0/s1. The third-order valence-corrected chi connectivity index (χ3v) is 4.12. The number of benzene rings is 1. The van der Waals surface area contributed by atoms with Gasteiger partial charge >= 0.3 is 0 Å². The number of hydrogen-bond acceptors (Lipinski definition) is 6. The van der Waals surface area contributed by atoms with Crippen molar-refractivity contribution >= 4 is 17.6 Å². The molecule has 3 N–H and O–H groups in total. The lowest BCUT2D eigenvalue weighted by Crippen LogP contribution is -2.46. The molecule has 1 atom stereocenters. The van der Waals surface area contributed by atoms with Gasteiger partial charge in [-0.3, -0.25) is 9.59 Å². The highest BCUT2D eigenvalue weighted by Gasteiger charge is 2.29. The molecule has 0 saturated heterocycles. The molecule has 0 unspecified atom stereocenters. The maximum atomic E-state index is 12.4. The molecule has 2 amide bonds. The Morgan fingerprint density at radius 3 is 2.96 bits per heavy atom. The van der Waals surface area contributed by atoms with Crippen LogP contribution in [-0.4, -0.2) is 49.2 Å². The highest BCUT2D eigenvalue weighted by molar-refractivity contribution is 6.00. The monoisotopic (exact) mass is 367 g/mol. The van der Waals surface area contributed by atoms with E-state index in [9.17, 15) is 9.59 Å². The van der Waals surface area contributed by atoms with Gasteiger partial charge in [-0.2, -0.15) is 0 Å². The number of carbonyl (C=O) groups excluding carboxylic acids is 2. The molecule has 0 aliphatic carbocycles. The van der Waals surface area contributed by atoms with Gasteiger partial charge in [0.15, 0.2) is 5.82 Å². The fourth-order valence-corrected chi connectivity index (χ4v) is 2.70. The van der Waals surface area contributed by atoms with Gasteiger partial charge in [0.1, 0.15) is 24.8 Å². The molecule has 0 radical (unpaired) electrons. The van der Waals surface area contributed by atoms with Gasteiger partial charge < -0.3 is 24.9 Å². The van der Waals surface area contributed by atoms with Crippen molar-refractivity contribution in [1.29, 1.82) is 0 Å². The van der Waals surface area contributed by atoms with Crippen molar-refractivity contribution in [1.82, 2.24) is 30.0 Å². The zero-order chi connectivity index (χ0) is 18.8. The Labute approximate surface area is 154 Å². The minimum absolute atomic E-state index is 0.0351. The summed E-state index contributed by atoms with van der Waals surface area (Å²) in [6.45, 7) is -0.0351. The Morgan fingerprint density at radius 2 is 2.15 bits per heavy atom. The fraction of sp³-hybridized carbons (Fsp3) is 0.235. The summed E-state index contributed by atoms with van der Waals surface area (Å²) in [6.07, 6.45) is 2.06. The van der Waals surface area contributed by atoms with Gasteiger partial charge in [0.05, 0.1) is 0 Å². The second-order valence-corrected chi connectivity index (χ2v) is 6.12. The van der Waals surface area contributed by atoms with Crippen LogP contribution in [0, 0.1) is 0 Å². The van der Waals surface area contributed by atoms with Crippen LogP contribution in [0.1, 0.15) is 22.0 Å². The minimum atomic E-state index is -0.880. The van der Waals surface area contributed by atoms with Crippen LogP contribution in [0.2, 0.25) is 0 Å². The van der Waals surface area contributed by atoms with E-state index in [1.54, 1.807) is 11.6 Å². The molecule has 2 aromatic heterocycles. The Kier molecular flexibility index (Phi) is 4.29. The van der Waals surface area contributed by atoms with E-state index in [1.165, 1.54) is 6.33 Å². The lowest BCUT2D eigenvalue weighted by atomic mass is 10.1. The van der Waals surface area contributed by atoms with Gasteiger partial charge in [-0.05, 0) is 5.56 Å². The summed E-state index contributed by atoms with van der Waals surface area (Å²) in [5.41, 5.74) is 1.04. The van der Waals surface area contributed by atoms with Crippen molar-refractivity contribution in [3.05, 3.63) is 53.9 Å². The summed E-state index contributed by atoms with van der Waals surface area (Å²) >= 11 is 0. The summed E-state index contributed by atoms with van der Waals surface area (Å²) in [5, 5.41) is 13.1. The van der Waals surface area contributed by atoms with Crippen LogP contribution in [0.4, 0.5) is 5.82 Å². The average Bonchev–Trinajstić information content (AvgIpc) is 3.23. The number of H-pyrrole nitrogens is 1. The van der Waals surface area contributed by atoms with Gasteiger partial charge in [0.2, 0.25) is 5.82 Å². The molecule has 0 fully saturated rings. The molecule has 0 saturated carbocycles. The van der Waals surface area contributed by atoms with Crippen molar-refractivity contribution in [2.75, 3.05) is 11.9 Å². The van der Waals surface area contributed by atoms with Gasteiger partial charge in [-0.25, -0.2) is 4.98 Å². The van der Waals surface area contributed by atoms with Crippen LogP contribution in [-0.2, 0) is 18.3 Å². The van der Waals surface area contributed by atoms with E-state index >= 15 is 0 Å². The SMILES string of the molecule is Cn1cnc2c1NC(=O)[C@@H](NC(=O)c1nnc(Cc3ccccc3)[nH]1)CO2. The maximum Gasteiger partial charge on any atom is 0.289 e. The topological polar surface area (TPSA) is 127 Å². The molecule has 10 nitrogen and oxygen atoms in total. The first-order chi connectivity index (χ1) is 13.1. The summed E-state index contributed by atoms with van der Waals surface area (Å²) in [4.78, 5) is 31.7. The van der Waals surface area contributed by atoms with E-state index < -0.39 is 17.9 Å². The quantitative estimate of drug-likeness (QED) is 0.607. The van der Waals surface area contributed by atoms with E-state index in [0.717, 1.165) is 5.56 Å². The number of aryl methyl sites for hydroxylation is 1. The average molecular weight is 367 g/mol. The number of aromatic nitrogens is 5. The molecule has 138 valence electrons. The molecule has 1 aromatic carbocycles. The summed E-state index contributed by atoms with van der Waals surface area (Å²) in [7, 11) is 1.73. The van der Waals surface area contributed by atoms with E-state index in [2.05, 4.69) is 30.8 Å². The lowest BCUT2D eigenvalue weighted by molar-refractivity contribution is -0.118. The van der Waals surface area contributed by atoms with E-state index in [1.807, 2.05) is 30.3 Å². The molecule has 3 heterocycles. The number of hydrogen-bond donors (Lipinski definition) is 3. The van der Waals surface area contributed by atoms with Crippen LogP contribution in [0.25, 0.3) is 0 Å². The molecule has 1 aliphatic heterocycles. The second kappa shape index (κ2) is 6.90. The zero-order valence-corrected chi connectivity index (χ0v) is 14.5. The Bertz CT molecular complexity index is 980. The summed E-state index contributed by atoms with van der Waals surface area (Å²) in [6, 6.07) is 8.82. The first-order valence-electron chi connectivity index (χ1n) is 8.31. The molecule has 4 rings (SSSR count). The van der Waals surface area contributed by atoms with Crippen LogP contribution in [0.3, 0.4) is 0 Å². The molecule has 0 bridgehead atoms. The predicted molar refractivity (Wildman–Crippen MR) is 94.2 cm³/mol. The fourth-order valence-electron chi connectivity index (χ4n) is 2.70. The van der Waals surface area contributed by atoms with Crippen molar-refractivity contribution in [2.24, 2.45) is 7.05 Å². The van der Waals surface area contributed by atoms with E-state index in [0.29, 0.717) is 23.9 Å². The Morgan fingerprint density at radius 1 is 1.33 bits per heavy atom. The lowest BCUT2D eigenvalue weighted by Gasteiger charge is -2.13. The number of carbonyl (C=O) groups is 2. The molecule has 0 spiro atoms. The van der Waals surface area contributed by atoms with Gasteiger partial charge in [-0.1, -0.05) is 30.3 Å². The number of imidazole rings is 1. The number of nitrogens with zero attached hydrogens (tertiary/aromatic N) is 4. The van der Waals surface area contributed by atoms with E-state index in [4.69, 9.17) is 4.74 Å². The minimum Gasteiger partial charge on any atom is -0.472 e. The van der Waals surface area contributed by atoms with Crippen molar-refractivity contribution < 1.29 is 14.3 Å². The number of nitrogens with one attached hydrogen (secondary N) is 3. The summed E-state index contributed by atoms with van der Waals surface area (Å²) in [5.74, 6) is 0.423. The van der Waals surface area contributed by atoms with Crippen molar-refractivity contribution in [2.45, 2.75) is 12.5 Å². The molecule has 10 heteroatoms. The normalized spacial score (nSPS) is 16.0. The first-order valence-corrected chi connectivity index (χ1v) is 8.31. The van der Waals surface area contributed by atoms with Crippen LogP contribution < -0.4 is 15.4 Å². The number of fused-ring (bicyclic) bond motifs is 1. The smallest absolute Gasteiger partial charge is 0.289 e. The van der Waals surface area contributed by atoms with Gasteiger partial charge in [-0.15, -0.1) is 10.2 Å². The predicted octanol–water partition coefficient (Wildman–Crippen LogP) is 0.258. The second-order valence-electron chi connectivity index (χ2n) is 6.12. The van der Waals surface area contributed by atoms with Crippen molar-refractivity contribution in [3.8, 4) is 5.88 Å². The first kappa shape index (κ1) is 16.8. The highest BCUT2D eigenvalue weighted by Crippen LogP contribution is 2.24. The Balaban J connectivity index is 1.41. The third-order valence-electron chi connectivity index (χ3n) is 4.12. The molecule has 3 aromatic rings.